The van der Waals surface area contributed by atoms with Crippen LogP contribution >= 0.6 is 0 Å². The number of aryl methyl sites for hydroxylation is 2. The van der Waals surface area contributed by atoms with Crippen molar-refractivity contribution in [3.8, 4) is 0 Å². The first-order valence-electron chi connectivity index (χ1n) is 8.92. The molecule has 0 heterocycles. The van der Waals surface area contributed by atoms with E-state index in [4.69, 9.17) is 0 Å². The van der Waals surface area contributed by atoms with Gasteiger partial charge in [-0.25, -0.2) is 0 Å². The zero-order valence-corrected chi connectivity index (χ0v) is 19.6. The summed E-state index contributed by atoms with van der Waals surface area (Å²) in [5.74, 6) is 0. The van der Waals surface area contributed by atoms with E-state index in [0.29, 0.717) is 0 Å². The molecule has 0 bridgehead atoms. The monoisotopic (exact) mass is 470 g/mol. The number of halogens is 2. The molecule has 0 aliphatic heterocycles. The Bertz CT molecular complexity index is 871. The van der Waals surface area contributed by atoms with Crippen molar-refractivity contribution in [2.75, 3.05) is 0 Å². The minimum absolute atomic E-state index is 0. The van der Waals surface area contributed by atoms with Crippen molar-refractivity contribution >= 4 is 11.1 Å². The van der Waals surface area contributed by atoms with Crippen LogP contribution in [0.1, 0.15) is 35.1 Å². The molecular formula is C24H22Cl2Zr. The number of benzene rings is 2. The molecule has 0 saturated heterocycles. The first kappa shape index (κ1) is 22.2. The summed E-state index contributed by atoms with van der Waals surface area (Å²) in [6.07, 6.45) is 11.7. The Labute approximate surface area is 186 Å². The molecule has 2 aliphatic carbocycles. The smallest absolute Gasteiger partial charge is 1.00 e. The summed E-state index contributed by atoms with van der Waals surface area (Å²) in [6.45, 7) is 4.46. The van der Waals surface area contributed by atoms with E-state index in [9.17, 15) is 0 Å². The maximum absolute atomic E-state index is 2.36. The van der Waals surface area contributed by atoms with E-state index in [1.54, 1.807) is 6.56 Å². The standard InChI is InChI=1S/2C12H11.2ClH.Zr/c2*1-10-6-2-5-9-12(10)11-7-3-4-8-11;;;/h2*2-3,5-7,9H,4H2,1H3;2*1H;/q;;;;+2/p-2. The topological polar surface area (TPSA) is 0 Å². The van der Waals surface area contributed by atoms with Crippen LogP contribution in [0.3, 0.4) is 0 Å². The van der Waals surface area contributed by atoms with Crippen LogP contribution in [0.4, 0.5) is 0 Å². The third-order valence-corrected chi connectivity index (χ3v) is 8.85. The van der Waals surface area contributed by atoms with Gasteiger partial charge < -0.3 is 24.8 Å². The number of hydrogen-bond acceptors (Lipinski definition) is 0. The molecule has 2 aromatic rings. The van der Waals surface area contributed by atoms with Crippen molar-refractivity contribution in [2.24, 2.45) is 0 Å². The Morgan fingerprint density at radius 2 is 1.04 bits per heavy atom. The molecule has 0 radical (unpaired) electrons. The summed E-state index contributed by atoms with van der Waals surface area (Å²) in [7, 11) is 0. The summed E-state index contributed by atoms with van der Waals surface area (Å²) in [4.78, 5) is 0. The Kier molecular flexibility index (Phi) is 8.10. The summed E-state index contributed by atoms with van der Waals surface area (Å²) in [6, 6.07) is 17.6. The zero-order chi connectivity index (χ0) is 17.2. The van der Waals surface area contributed by atoms with Gasteiger partial charge in [0.15, 0.2) is 0 Å². The van der Waals surface area contributed by atoms with E-state index in [0.717, 1.165) is 12.8 Å². The van der Waals surface area contributed by atoms with Gasteiger partial charge in [0.1, 0.15) is 0 Å². The number of rotatable bonds is 4. The second-order valence-corrected chi connectivity index (χ2v) is 10.3. The normalized spacial score (nSPS) is 14.9. The van der Waals surface area contributed by atoms with Crippen molar-refractivity contribution in [1.29, 1.82) is 0 Å². The molecule has 0 amide bonds. The SMILES string of the molecule is Cc1ccccc1C1=[C]([Zr+2][C]2=C(c3ccccc3C)C=CC2)CC=C1.[Cl-].[Cl-]. The van der Waals surface area contributed by atoms with Gasteiger partial charge in [-0.15, -0.1) is 0 Å². The van der Waals surface area contributed by atoms with E-state index < -0.39 is 23.2 Å². The minimum atomic E-state index is -0.750. The van der Waals surface area contributed by atoms with Crippen molar-refractivity contribution in [2.45, 2.75) is 26.7 Å². The van der Waals surface area contributed by atoms with Gasteiger partial charge in [0.2, 0.25) is 0 Å². The average molecular weight is 473 g/mol. The van der Waals surface area contributed by atoms with Crippen LogP contribution in [0.25, 0.3) is 11.1 Å². The van der Waals surface area contributed by atoms with Crippen LogP contribution in [0.15, 0.2) is 79.4 Å². The molecule has 3 heteroatoms. The molecule has 0 fully saturated rings. The third kappa shape index (κ3) is 4.65. The summed E-state index contributed by atoms with van der Waals surface area (Å²) in [5, 5.41) is 0. The second kappa shape index (κ2) is 9.88. The van der Waals surface area contributed by atoms with Crippen LogP contribution in [0, 0.1) is 13.8 Å². The van der Waals surface area contributed by atoms with Crippen molar-refractivity contribution < 1.29 is 48.0 Å². The molecular weight excluding hydrogens is 450 g/mol. The summed E-state index contributed by atoms with van der Waals surface area (Å²) >= 11 is -0.750. The molecule has 2 aromatic carbocycles. The summed E-state index contributed by atoms with van der Waals surface area (Å²) in [5.41, 5.74) is 8.64. The Balaban J connectivity index is 0.00000131. The fraction of sp³-hybridized carbons (Fsp3) is 0.167. The minimum Gasteiger partial charge on any atom is -1.00 e. The molecule has 136 valence electrons. The van der Waals surface area contributed by atoms with E-state index in [1.807, 2.05) is 0 Å². The molecule has 0 aromatic heterocycles. The van der Waals surface area contributed by atoms with E-state index in [1.165, 1.54) is 33.4 Å². The van der Waals surface area contributed by atoms with Crippen LogP contribution in [-0.4, -0.2) is 0 Å². The molecule has 27 heavy (non-hydrogen) atoms. The van der Waals surface area contributed by atoms with Gasteiger partial charge in [0, 0.05) is 0 Å². The Hall–Kier alpha value is -1.14. The zero-order valence-electron chi connectivity index (χ0n) is 15.6. The van der Waals surface area contributed by atoms with Gasteiger partial charge >= 0.3 is 163 Å². The average Bonchev–Trinajstić information content (AvgIpc) is 3.26. The third-order valence-electron chi connectivity index (χ3n) is 5.04. The molecule has 0 unspecified atom stereocenters. The van der Waals surface area contributed by atoms with Gasteiger partial charge in [0.25, 0.3) is 0 Å². The first-order valence-corrected chi connectivity index (χ1v) is 11.4. The number of allylic oxidation sites excluding steroid dienone is 8. The van der Waals surface area contributed by atoms with Crippen molar-refractivity contribution in [3.05, 3.63) is 102 Å². The van der Waals surface area contributed by atoms with Gasteiger partial charge in [-0.3, -0.25) is 0 Å². The molecule has 0 N–H and O–H groups in total. The van der Waals surface area contributed by atoms with Crippen molar-refractivity contribution in [1.82, 2.24) is 0 Å². The molecule has 0 saturated carbocycles. The molecule has 0 nitrogen and oxygen atoms in total. The van der Waals surface area contributed by atoms with Crippen LogP contribution < -0.4 is 24.8 Å². The molecule has 4 rings (SSSR count). The predicted octanol–water partition coefficient (Wildman–Crippen LogP) is 0.436. The van der Waals surface area contributed by atoms with Crippen LogP contribution in [0.2, 0.25) is 0 Å². The predicted molar refractivity (Wildman–Crippen MR) is 104 cm³/mol. The maximum atomic E-state index is 2.36. The fourth-order valence-corrected chi connectivity index (χ4v) is 7.39. The van der Waals surface area contributed by atoms with Gasteiger partial charge in [-0.05, 0) is 0 Å². The Morgan fingerprint density at radius 3 is 1.44 bits per heavy atom. The van der Waals surface area contributed by atoms with Crippen LogP contribution in [-0.2, 0) is 23.2 Å². The van der Waals surface area contributed by atoms with E-state index in [2.05, 4.69) is 86.7 Å². The van der Waals surface area contributed by atoms with Gasteiger partial charge in [-0.1, -0.05) is 0 Å². The van der Waals surface area contributed by atoms with E-state index in [-0.39, 0.29) is 24.8 Å². The molecule has 0 atom stereocenters. The second-order valence-electron chi connectivity index (χ2n) is 6.75. The van der Waals surface area contributed by atoms with Crippen LogP contribution in [0.5, 0.6) is 0 Å². The molecule has 0 spiro atoms. The quantitative estimate of drug-likeness (QED) is 0.606. The number of hydrogen-bond donors (Lipinski definition) is 0. The van der Waals surface area contributed by atoms with E-state index >= 15 is 0 Å². The van der Waals surface area contributed by atoms with Crippen molar-refractivity contribution in [3.63, 3.8) is 0 Å². The first-order chi connectivity index (χ1) is 12.2. The Morgan fingerprint density at radius 1 is 0.630 bits per heavy atom. The maximum Gasteiger partial charge on any atom is -1.00 e. The fourth-order valence-electron chi connectivity index (χ4n) is 3.68. The van der Waals surface area contributed by atoms with Gasteiger partial charge in [-0.2, -0.15) is 0 Å². The van der Waals surface area contributed by atoms with Gasteiger partial charge in [0.05, 0.1) is 0 Å². The molecule has 2 aliphatic rings. The largest absolute Gasteiger partial charge is 1.00 e. The summed E-state index contributed by atoms with van der Waals surface area (Å²) < 4.78 is 3.45.